The van der Waals surface area contributed by atoms with Crippen LogP contribution in [0.1, 0.15) is 22.5 Å². The molecule has 0 amide bonds. The van der Waals surface area contributed by atoms with E-state index >= 15 is 0 Å². The Bertz CT molecular complexity index is 987. The molecule has 7 heteroatoms. The standard InChI is InChI=1S/C20H22N4O2S/c1-16-14-20(19(15-21)17(2)22-16)23-9-11-24(12-10-23)27(25,26)13-8-18-6-4-3-5-7-18/h3-8,13-14H,9-12H2,1-2H3/b13-8+. The van der Waals surface area contributed by atoms with E-state index < -0.39 is 10.0 Å². The number of rotatable bonds is 4. The van der Waals surface area contributed by atoms with Gasteiger partial charge in [0, 0.05) is 37.3 Å². The van der Waals surface area contributed by atoms with Gasteiger partial charge in [0.25, 0.3) is 0 Å². The Morgan fingerprint density at radius 2 is 1.78 bits per heavy atom. The van der Waals surface area contributed by atoms with E-state index in [2.05, 4.69) is 16.0 Å². The van der Waals surface area contributed by atoms with E-state index in [4.69, 9.17) is 0 Å². The van der Waals surface area contributed by atoms with E-state index in [1.807, 2.05) is 50.2 Å². The van der Waals surface area contributed by atoms with Crippen LogP contribution in [0.15, 0.2) is 41.8 Å². The third-order valence-corrected chi connectivity index (χ3v) is 6.16. The second kappa shape index (κ2) is 7.91. The molecule has 1 saturated heterocycles. The van der Waals surface area contributed by atoms with Crippen molar-refractivity contribution in [2.75, 3.05) is 31.1 Å². The summed E-state index contributed by atoms with van der Waals surface area (Å²) in [5, 5.41) is 10.7. The maximum atomic E-state index is 12.6. The van der Waals surface area contributed by atoms with Crippen LogP contribution in [0.2, 0.25) is 0 Å². The lowest BCUT2D eigenvalue weighted by molar-refractivity contribution is 0.390. The highest BCUT2D eigenvalue weighted by atomic mass is 32.2. The first-order valence-electron chi connectivity index (χ1n) is 8.77. The number of piperazine rings is 1. The van der Waals surface area contributed by atoms with Gasteiger partial charge in [-0.05, 0) is 31.6 Å². The minimum Gasteiger partial charge on any atom is -0.368 e. The molecule has 0 radical (unpaired) electrons. The number of nitriles is 1. The van der Waals surface area contributed by atoms with Crippen LogP contribution in [-0.2, 0) is 10.0 Å². The van der Waals surface area contributed by atoms with Crippen molar-refractivity contribution in [1.82, 2.24) is 9.29 Å². The number of anilines is 1. The van der Waals surface area contributed by atoms with Crippen molar-refractivity contribution in [1.29, 1.82) is 5.26 Å². The first kappa shape index (κ1) is 19.1. The minimum absolute atomic E-state index is 0.382. The SMILES string of the molecule is Cc1cc(N2CCN(S(=O)(=O)/C=C/c3ccccc3)CC2)c(C#N)c(C)n1. The number of pyridine rings is 1. The lowest BCUT2D eigenvalue weighted by Crippen LogP contribution is -2.48. The van der Waals surface area contributed by atoms with Gasteiger partial charge in [0.1, 0.15) is 6.07 Å². The fourth-order valence-electron chi connectivity index (χ4n) is 3.19. The van der Waals surface area contributed by atoms with E-state index in [1.165, 1.54) is 9.71 Å². The molecule has 0 N–H and O–H groups in total. The van der Waals surface area contributed by atoms with Gasteiger partial charge in [0.15, 0.2) is 0 Å². The van der Waals surface area contributed by atoms with Crippen LogP contribution in [0, 0.1) is 25.2 Å². The van der Waals surface area contributed by atoms with E-state index in [1.54, 1.807) is 6.08 Å². The molecule has 3 rings (SSSR count). The number of benzene rings is 1. The monoisotopic (exact) mass is 382 g/mol. The highest BCUT2D eigenvalue weighted by Gasteiger charge is 2.26. The number of nitrogens with zero attached hydrogens (tertiary/aromatic N) is 4. The van der Waals surface area contributed by atoms with Gasteiger partial charge in [-0.1, -0.05) is 30.3 Å². The molecule has 1 aliphatic heterocycles. The predicted octanol–water partition coefficient (Wildman–Crippen LogP) is 2.69. The molecule has 0 aliphatic carbocycles. The normalized spacial score (nSPS) is 15.8. The molecule has 1 aromatic heterocycles. The highest BCUT2D eigenvalue weighted by Crippen LogP contribution is 2.25. The topological polar surface area (TPSA) is 77.3 Å². The quantitative estimate of drug-likeness (QED) is 0.812. The van der Waals surface area contributed by atoms with Gasteiger partial charge in [-0.15, -0.1) is 0 Å². The minimum atomic E-state index is -3.47. The third kappa shape index (κ3) is 4.35. The molecule has 0 bridgehead atoms. The van der Waals surface area contributed by atoms with Crippen molar-refractivity contribution in [2.24, 2.45) is 0 Å². The Balaban J connectivity index is 1.72. The van der Waals surface area contributed by atoms with E-state index in [0.29, 0.717) is 37.4 Å². The number of aromatic nitrogens is 1. The molecule has 27 heavy (non-hydrogen) atoms. The van der Waals surface area contributed by atoms with E-state index in [9.17, 15) is 13.7 Å². The van der Waals surface area contributed by atoms with Crippen molar-refractivity contribution in [3.8, 4) is 6.07 Å². The maximum Gasteiger partial charge on any atom is 0.236 e. The molecule has 1 fully saturated rings. The van der Waals surface area contributed by atoms with Crippen molar-refractivity contribution in [3.63, 3.8) is 0 Å². The zero-order valence-electron chi connectivity index (χ0n) is 15.5. The molecule has 1 aliphatic rings. The summed E-state index contributed by atoms with van der Waals surface area (Å²) in [5.74, 6) is 0. The summed E-state index contributed by atoms with van der Waals surface area (Å²) in [6.45, 7) is 5.56. The van der Waals surface area contributed by atoms with Gasteiger partial charge in [-0.2, -0.15) is 9.57 Å². The Hall–Kier alpha value is -2.69. The summed E-state index contributed by atoms with van der Waals surface area (Å²) >= 11 is 0. The molecule has 0 spiro atoms. The van der Waals surface area contributed by atoms with Gasteiger partial charge in [0.2, 0.25) is 10.0 Å². The second-order valence-electron chi connectivity index (χ2n) is 6.50. The molecule has 140 valence electrons. The number of hydrogen-bond donors (Lipinski definition) is 0. The number of aryl methyl sites for hydroxylation is 2. The molecule has 6 nitrogen and oxygen atoms in total. The Labute approximate surface area is 160 Å². The first-order valence-corrected chi connectivity index (χ1v) is 10.3. The number of sulfonamides is 1. The maximum absolute atomic E-state index is 12.6. The zero-order chi connectivity index (χ0) is 19.4. The van der Waals surface area contributed by atoms with Crippen LogP contribution in [0.4, 0.5) is 5.69 Å². The summed E-state index contributed by atoms with van der Waals surface area (Å²) in [6, 6.07) is 13.5. The summed E-state index contributed by atoms with van der Waals surface area (Å²) in [7, 11) is -3.47. The van der Waals surface area contributed by atoms with Crippen molar-refractivity contribution in [3.05, 3.63) is 64.3 Å². The van der Waals surface area contributed by atoms with Crippen LogP contribution in [-0.4, -0.2) is 43.9 Å². The zero-order valence-corrected chi connectivity index (χ0v) is 16.3. The van der Waals surface area contributed by atoms with Gasteiger partial charge < -0.3 is 4.90 Å². The highest BCUT2D eigenvalue weighted by molar-refractivity contribution is 7.92. The molecular formula is C20H22N4O2S. The van der Waals surface area contributed by atoms with Crippen LogP contribution >= 0.6 is 0 Å². The summed E-state index contributed by atoms with van der Waals surface area (Å²) in [6.07, 6.45) is 1.62. The van der Waals surface area contributed by atoms with Gasteiger partial charge in [-0.3, -0.25) is 4.98 Å². The smallest absolute Gasteiger partial charge is 0.236 e. The Morgan fingerprint density at radius 3 is 2.41 bits per heavy atom. The van der Waals surface area contributed by atoms with Gasteiger partial charge in [0.05, 0.1) is 16.9 Å². The third-order valence-electron chi connectivity index (χ3n) is 4.59. The predicted molar refractivity (Wildman–Crippen MR) is 107 cm³/mol. The fourth-order valence-corrected chi connectivity index (χ4v) is 4.37. The average Bonchev–Trinajstić information content (AvgIpc) is 2.67. The molecule has 2 heterocycles. The molecular weight excluding hydrogens is 360 g/mol. The van der Waals surface area contributed by atoms with Crippen molar-refractivity contribution in [2.45, 2.75) is 13.8 Å². The molecule has 0 unspecified atom stereocenters. The molecule has 0 saturated carbocycles. The van der Waals surface area contributed by atoms with E-state index in [-0.39, 0.29) is 0 Å². The Kier molecular flexibility index (Phi) is 5.59. The average molecular weight is 382 g/mol. The lowest BCUT2D eigenvalue weighted by Gasteiger charge is -2.35. The molecule has 2 aromatic rings. The molecule has 1 aromatic carbocycles. The van der Waals surface area contributed by atoms with Crippen molar-refractivity contribution < 1.29 is 8.42 Å². The summed E-state index contributed by atoms with van der Waals surface area (Å²) in [5.41, 5.74) is 3.79. The number of hydrogen-bond acceptors (Lipinski definition) is 5. The Morgan fingerprint density at radius 1 is 1.11 bits per heavy atom. The van der Waals surface area contributed by atoms with Crippen LogP contribution in [0.5, 0.6) is 0 Å². The van der Waals surface area contributed by atoms with Gasteiger partial charge >= 0.3 is 0 Å². The first-order chi connectivity index (χ1) is 12.9. The molecule has 0 atom stereocenters. The van der Waals surface area contributed by atoms with Crippen LogP contribution in [0.3, 0.4) is 0 Å². The second-order valence-corrected chi connectivity index (χ2v) is 8.32. The largest absolute Gasteiger partial charge is 0.368 e. The van der Waals surface area contributed by atoms with Gasteiger partial charge in [-0.25, -0.2) is 8.42 Å². The fraction of sp³-hybridized carbons (Fsp3) is 0.300. The van der Waals surface area contributed by atoms with E-state index in [0.717, 1.165) is 16.9 Å². The summed E-state index contributed by atoms with van der Waals surface area (Å²) in [4.78, 5) is 6.41. The van der Waals surface area contributed by atoms with Crippen LogP contribution in [0.25, 0.3) is 6.08 Å². The van der Waals surface area contributed by atoms with Crippen LogP contribution < -0.4 is 4.90 Å². The summed E-state index contributed by atoms with van der Waals surface area (Å²) < 4.78 is 26.7. The van der Waals surface area contributed by atoms with Crippen molar-refractivity contribution >= 4 is 21.8 Å². The lowest BCUT2D eigenvalue weighted by atomic mass is 10.1.